The molecule has 0 N–H and O–H groups in total. The number of halogens is 2. The summed E-state index contributed by atoms with van der Waals surface area (Å²) in [5.41, 5.74) is 3.59. The molecule has 0 saturated heterocycles. The molecule has 0 unspecified atom stereocenters. The summed E-state index contributed by atoms with van der Waals surface area (Å²) in [7, 11) is 0. The predicted molar refractivity (Wildman–Crippen MR) is 186 cm³/mol. The fourth-order valence-corrected chi connectivity index (χ4v) is 6.88. The molecule has 10 aromatic rings. The zero-order valence-corrected chi connectivity index (χ0v) is 25.0. The van der Waals surface area contributed by atoms with E-state index in [1.54, 1.807) is 12.1 Å². The number of nitrogens with zero attached hydrogens (tertiary/aromatic N) is 3. The molecule has 0 saturated carbocycles. The number of benzene rings is 7. The maximum absolute atomic E-state index is 15.2. The predicted octanol–water partition coefficient (Wildman–Crippen LogP) is 11.3. The van der Waals surface area contributed by atoms with Crippen LogP contribution >= 0.6 is 0 Å². The van der Waals surface area contributed by atoms with Crippen LogP contribution in [0.5, 0.6) is 0 Å². The van der Waals surface area contributed by atoms with Crippen molar-refractivity contribution >= 4 is 65.4 Å². The molecular weight excluding hydrogens is 604 g/mol. The first-order chi connectivity index (χ1) is 23.6. The Labute approximate surface area is 270 Å². The number of rotatable bonds is 3. The van der Waals surface area contributed by atoms with E-state index in [0.29, 0.717) is 61.3 Å². The molecule has 0 aliphatic heterocycles. The average molecular weight is 626 g/mol. The molecule has 0 atom stereocenters. The average Bonchev–Trinajstić information content (AvgIpc) is 3.73. The third kappa shape index (κ3) is 3.85. The molecule has 3 aromatic heterocycles. The lowest BCUT2D eigenvalue weighted by molar-refractivity contribution is 0.585. The van der Waals surface area contributed by atoms with Crippen LogP contribution in [-0.2, 0) is 0 Å². The van der Waals surface area contributed by atoms with E-state index in [9.17, 15) is 0 Å². The summed E-state index contributed by atoms with van der Waals surface area (Å²) in [6.07, 6.45) is 0. The van der Waals surface area contributed by atoms with Gasteiger partial charge in [0.1, 0.15) is 11.2 Å². The standard InChI is InChI=1S/C41H21F2N3O2/c42-31-18-8-16-27-33-29(20-23-12-4-6-14-25(23)37(33)47-35(27)31)40-44-39(22-10-2-1-3-11-22)45-41(46-40)30-21-24-13-5-7-15-26(24)38-34(30)28-17-9-19-32(43)36(28)48-38/h1-21H. The molecule has 0 spiro atoms. The van der Waals surface area contributed by atoms with Crippen molar-refractivity contribution < 1.29 is 17.6 Å². The van der Waals surface area contributed by atoms with Crippen LogP contribution in [0.2, 0.25) is 0 Å². The monoisotopic (exact) mass is 625 g/mol. The molecule has 0 amide bonds. The normalized spacial score (nSPS) is 12.0. The Bertz CT molecular complexity index is 2750. The first-order valence-corrected chi connectivity index (χ1v) is 15.5. The van der Waals surface area contributed by atoms with Gasteiger partial charge in [0.2, 0.25) is 0 Å². The summed E-state index contributed by atoms with van der Waals surface area (Å²) in [6, 6.07) is 39.2. The van der Waals surface area contributed by atoms with Gasteiger partial charge in [-0.2, -0.15) is 0 Å². The maximum Gasteiger partial charge on any atom is 0.171 e. The number of hydrogen-bond acceptors (Lipinski definition) is 5. The number of aromatic nitrogens is 3. The lowest BCUT2D eigenvalue weighted by atomic mass is 9.98. The molecule has 226 valence electrons. The van der Waals surface area contributed by atoms with Crippen LogP contribution in [-0.4, -0.2) is 15.0 Å². The minimum Gasteiger partial charge on any atom is -0.452 e. The summed E-state index contributed by atoms with van der Waals surface area (Å²) in [5, 5.41) is 6.16. The minimum absolute atomic E-state index is 0.172. The van der Waals surface area contributed by atoms with E-state index in [4.69, 9.17) is 23.8 Å². The van der Waals surface area contributed by atoms with Gasteiger partial charge in [-0.25, -0.2) is 23.7 Å². The summed E-state index contributed by atoms with van der Waals surface area (Å²) in [4.78, 5) is 15.2. The van der Waals surface area contributed by atoms with Crippen molar-refractivity contribution in [2.45, 2.75) is 0 Å². The molecule has 48 heavy (non-hydrogen) atoms. The molecule has 0 bridgehead atoms. The highest BCUT2D eigenvalue weighted by Gasteiger charge is 2.24. The lowest BCUT2D eigenvalue weighted by Crippen LogP contribution is -2.01. The molecule has 7 heteroatoms. The topological polar surface area (TPSA) is 65.0 Å². The van der Waals surface area contributed by atoms with Crippen molar-refractivity contribution in [3.05, 3.63) is 139 Å². The van der Waals surface area contributed by atoms with Gasteiger partial charge in [-0.15, -0.1) is 0 Å². The van der Waals surface area contributed by atoms with E-state index >= 15 is 8.78 Å². The number of hydrogen-bond donors (Lipinski definition) is 0. The molecule has 7 aromatic carbocycles. The SMILES string of the molecule is Fc1cccc2c1oc1c3ccccc3cc(-c3nc(-c4ccccc4)nc(-c4cc5ccccc5c5oc6c(F)cccc6c45)n3)c21. The smallest absolute Gasteiger partial charge is 0.171 e. The number of fused-ring (bicyclic) bond motifs is 10. The maximum atomic E-state index is 15.2. The zero-order chi connectivity index (χ0) is 31.9. The van der Waals surface area contributed by atoms with Crippen molar-refractivity contribution in [3.8, 4) is 34.2 Å². The van der Waals surface area contributed by atoms with E-state index in [1.165, 1.54) is 12.1 Å². The van der Waals surface area contributed by atoms with E-state index in [1.807, 2.05) is 103 Å². The Morgan fingerprint density at radius 1 is 0.396 bits per heavy atom. The van der Waals surface area contributed by atoms with Crippen LogP contribution in [0.25, 0.3) is 99.6 Å². The summed E-state index contributed by atoms with van der Waals surface area (Å²) < 4.78 is 42.8. The zero-order valence-electron chi connectivity index (χ0n) is 25.0. The van der Waals surface area contributed by atoms with Gasteiger partial charge in [0.05, 0.1) is 0 Å². The van der Waals surface area contributed by atoms with Gasteiger partial charge < -0.3 is 8.83 Å². The Morgan fingerprint density at radius 2 is 0.833 bits per heavy atom. The summed E-state index contributed by atoms with van der Waals surface area (Å²) in [5.74, 6) is 0.343. The van der Waals surface area contributed by atoms with Gasteiger partial charge in [-0.1, -0.05) is 103 Å². The third-order valence-corrected chi connectivity index (χ3v) is 9.03. The number of furan rings is 2. The largest absolute Gasteiger partial charge is 0.452 e. The Hall–Kier alpha value is -6.47. The second-order valence-electron chi connectivity index (χ2n) is 11.8. The molecule has 0 fully saturated rings. The van der Waals surface area contributed by atoms with Crippen molar-refractivity contribution in [3.63, 3.8) is 0 Å². The first kappa shape index (κ1) is 26.7. The van der Waals surface area contributed by atoms with E-state index in [0.717, 1.165) is 27.1 Å². The van der Waals surface area contributed by atoms with Crippen molar-refractivity contribution in [2.24, 2.45) is 0 Å². The van der Waals surface area contributed by atoms with Crippen molar-refractivity contribution in [1.29, 1.82) is 0 Å². The van der Waals surface area contributed by atoms with Crippen LogP contribution in [0.4, 0.5) is 8.78 Å². The van der Waals surface area contributed by atoms with E-state index < -0.39 is 11.6 Å². The van der Waals surface area contributed by atoms with E-state index in [2.05, 4.69) is 0 Å². The first-order valence-electron chi connectivity index (χ1n) is 15.5. The van der Waals surface area contributed by atoms with E-state index in [-0.39, 0.29) is 11.2 Å². The van der Waals surface area contributed by atoms with Crippen LogP contribution in [0.3, 0.4) is 0 Å². The Balaban J connectivity index is 1.36. The summed E-state index contributed by atoms with van der Waals surface area (Å²) >= 11 is 0. The van der Waals surface area contributed by atoms with Gasteiger partial charge in [-0.3, -0.25) is 0 Å². The van der Waals surface area contributed by atoms with Gasteiger partial charge in [0.25, 0.3) is 0 Å². The molecule has 10 rings (SSSR count). The fourth-order valence-electron chi connectivity index (χ4n) is 6.88. The van der Waals surface area contributed by atoms with Gasteiger partial charge in [0, 0.05) is 49.0 Å². The minimum atomic E-state index is -0.447. The van der Waals surface area contributed by atoms with Gasteiger partial charge in [-0.05, 0) is 35.0 Å². The van der Waals surface area contributed by atoms with Crippen molar-refractivity contribution in [1.82, 2.24) is 15.0 Å². The molecule has 0 radical (unpaired) electrons. The fraction of sp³-hybridized carbons (Fsp3) is 0. The van der Waals surface area contributed by atoms with Crippen LogP contribution in [0.15, 0.2) is 136 Å². The van der Waals surface area contributed by atoms with Gasteiger partial charge in [0.15, 0.2) is 40.3 Å². The highest BCUT2D eigenvalue weighted by Crippen LogP contribution is 2.44. The quantitative estimate of drug-likeness (QED) is 0.195. The summed E-state index contributed by atoms with van der Waals surface area (Å²) in [6.45, 7) is 0. The third-order valence-electron chi connectivity index (χ3n) is 9.03. The highest BCUT2D eigenvalue weighted by atomic mass is 19.1. The molecule has 3 heterocycles. The molecule has 0 aliphatic rings. The van der Waals surface area contributed by atoms with Crippen LogP contribution in [0.1, 0.15) is 0 Å². The molecular formula is C41H21F2N3O2. The Kier molecular flexibility index (Phi) is 5.57. The second kappa shape index (κ2) is 10.0. The van der Waals surface area contributed by atoms with Gasteiger partial charge >= 0.3 is 0 Å². The lowest BCUT2D eigenvalue weighted by Gasteiger charge is -2.12. The van der Waals surface area contributed by atoms with Crippen molar-refractivity contribution in [2.75, 3.05) is 0 Å². The molecule has 5 nitrogen and oxygen atoms in total. The van der Waals surface area contributed by atoms with Crippen LogP contribution in [0, 0.1) is 11.6 Å². The Morgan fingerprint density at radius 3 is 1.35 bits per heavy atom. The molecule has 0 aliphatic carbocycles. The second-order valence-corrected chi connectivity index (χ2v) is 11.8. The van der Waals surface area contributed by atoms with Crippen LogP contribution < -0.4 is 0 Å². The number of para-hydroxylation sites is 2. The highest BCUT2D eigenvalue weighted by molar-refractivity contribution is 6.22.